The van der Waals surface area contributed by atoms with E-state index in [-0.39, 0.29) is 5.91 Å². The van der Waals surface area contributed by atoms with Crippen molar-refractivity contribution in [2.45, 2.75) is 38.1 Å². The zero-order valence-corrected chi connectivity index (χ0v) is 23.3. The van der Waals surface area contributed by atoms with Crippen molar-refractivity contribution in [3.05, 3.63) is 66.2 Å². The summed E-state index contributed by atoms with van der Waals surface area (Å²) in [6.45, 7) is 4.71. The molecule has 210 valence electrons. The van der Waals surface area contributed by atoms with E-state index >= 15 is 0 Å². The first-order valence-electron chi connectivity index (χ1n) is 14.6. The highest BCUT2D eigenvalue weighted by Crippen LogP contribution is 2.31. The minimum absolute atomic E-state index is 0.233. The smallest absolute Gasteiger partial charge is 0.259 e. The maximum absolute atomic E-state index is 13.0. The fraction of sp³-hybridized carbons (Fsp3) is 0.344. The zero-order chi connectivity index (χ0) is 27.8. The number of benzene rings is 3. The Balaban J connectivity index is 1.10. The fourth-order valence-electron chi connectivity index (χ4n) is 6.38. The van der Waals surface area contributed by atoms with Crippen LogP contribution in [0.1, 0.15) is 42.5 Å². The van der Waals surface area contributed by atoms with Crippen LogP contribution < -0.4 is 15.0 Å². The summed E-state index contributed by atoms with van der Waals surface area (Å²) in [5, 5.41) is 11.5. The third-order valence-corrected chi connectivity index (χ3v) is 8.60. The molecule has 2 aliphatic rings. The molecule has 2 aromatic heterocycles. The summed E-state index contributed by atoms with van der Waals surface area (Å²) in [6, 6.07) is 20.1. The van der Waals surface area contributed by atoms with E-state index in [0.29, 0.717) is 28.5 Å². The van der Waals surface area contributed by atoms with Gasteiger partial charge in [0.25, 0.3) is 5.91 Å². The molecule has 9 heteroatoms. The molecule has 3 aromatic carbocycles. The fourth-order valence-corrected chi connectivity index (χ4v) is 6.38. The van der Waals surface area contributed by atoms with Crippen LogP contribution in [0.2, 0.25) is 0 Å². The van der Waals surface area contributed by atoms with Crippen LogP contribution in [0.3, 0.4) is 0 Å². The second-order valence-electron chi connectivity index (χ2n) is 11.1. The zero-order valence-electron chi connectivity index (χ0n) is 23.3. The number of likely N-dealkylation sites (tertiary alicyclic amines) is 1. The SMILES string of the molecule is COc1ccccc1C(=O)Nc1ccc2[nH]nc(-c3nc4ccc(N5CCC(N6CCCCC6)CC5)cc4[nH]3)c2c1. The predicted molar refractivity (Wildman–Crippen MR) is 163 cm³/mol. The lowest BCUT2D eigenvalue weighted by atomic mass is 9.99. The Bertz CT molecular complexity index is 1690. The van der Waals surface area contributed by atoms with Crippen molar-refractivity contribution in [1.82, 2.24) is 25.1 Å². The van der Waals surface area contributed by atoms with Crippen LogP contribution in [0, 0.1) is 0 Å². The summed E-state index contributed by atoms with van der Waals surface area (Å²) in [4.78, 5) is 26.5. The van der Waals surface area contributed by atoms with E-state index in [1.165, 1.54) is 50.9 Å². The van der Waals surface area contributed by atoms with Crippen LogP contribution in [0.4, 0.5) is 11.4 Å². The summed E-state index contributed by atoms with van der Waals surface area (Å²) in [5.74, 6) is 0.992. The van der Waals surface area contributed by atoms with Gasteiger partial charge in [0, 0.05) is 35.9 Å². The first kappa shape index (κ1) is 25.6. The predicted octanol–water partition coefficient (Wildman–Crippen LogP) is 5.82. The molecule has 1 amide bonds. The molecule has 5 aromatic rings. The van der Waals surface area contributed by atoms with Crippen molar-refractivity contribution < 1.29 is 9.53 Å². The number of carbonyl (C=O) groups excluding carboxylic acids is 1. The molecule has 2 aliphatic heterocycles. The molecule has 41 heavy (non-hydrogen) atoms. The number of nitrogens with one attached hydrogen (secondary N) is 3. The lowest BCUT2D eigenvalue weighted by molar-refractivity contribution is 0.102. The normalized spacial score (nSPS) is 16.9. The molecule has 0 atom stereocenters. The quantitative estimate of drug-likeness (QED) is 0.247. The summed E-state index contributed by atoms with van der Waals surface area (Å²) in [6.07, 6.45) is 6.53. The van der Waals surface area contributed by atoms with Crippen molar-refractivity contribution in [3.8, 4) is 17.3 Å². The number of nitrogens with zero attached hydrogens (tertiary/aromatic N) is 4. The van der Waals surface area contributed by atoms with Gasteiger partial charge in [-0.25, -0.2) is 4.98 Å². The molecule has 0 unspecified atom stereocenters. The van der Waals surface area contributed by atoms with Crippen LogP contribution >= 0.6 is 0 Å². The molecule has 0 spiro atoms. The van der Waals surface area contributed by atoms with Crippen LogP contribution in [0.5, 0.6) is 5.75 Å². The van der Waals surface area contributed by atoms with Gasteiger partial charge in [-0.2, -0.15) is 5.10 Å². The van der Waals surface area contributed by atoms with E-state index in [1.807, 2.05) is 30.3 Å². The van der Waals surface area contributed by atoms with Gasteiger partial charge in [0.1, 0.15) is 11.4 Å². The van der Waals surface area contributed by atoms with E-state index < -0.39 is 0 Å². The number of para-hydroxylation sites is 1. The van der Waals surface area contributed by atoms with Crippen LogP contribution in [-0.2, 0) is 0 Å². The molecule has 0 saturated carbocycles. The standard InChI is InChI=1S/C32H35N7O2/c1-41-29-8-4-3-7-24(29)32(40)33-21-9-11-26-25(19-21)30(37-36-26)31-34-27-12-10-23(20-28(27)35-31)39-17-13-22(14-18-39)38-15-5-2-6-16-38/h3-4,7-12,19-20,22H,2,5-6,13-18H2,1H3,(H,33,40)(H,34,35)(H,36,37). The number of imidazole rings is 1. The lowest BCUT2D eigenvalue weighted by Crippen LogP contribution is -2.46. The Labute approximate surface area is 238 Å². The molecule has 2 fully saturated rings. The van der Waals surface area contributed by atoms with Crippen molar-refractivity contribution in [1.29, 1.82) is 0 Å². The van der Waals surface area contributed by atoms with Crippen molar-refractivity contribution in [2.24, 2.45) is 0 Å². The van der Waals surface area contributed by atoms with Gasteiger partial charge < -0.3 is 24.8 Å². The molecule has 0 aliphatic carbocycles. The Morgan fingerprint density at radius 3 is 2.61 bits per heavy atom. The van der Waals surface area contributed by atoms with Gasteiger partial charge in [-0.05, 0) is 87.3 Å². The van der Waals surface area contributed by atoms with E-state index in [2.05, 4.69) is 48.5 Å². The number of carbonyl (C=O) groups is 1. The van der Waals surface area contributed by atoms with E-state index in [0.717, 1.165) is 41.1 Å². The average Bonchev–Trinajstić information content (AvgIpc) is 3.65. The first-order valence-corrected chi connectivity index (χ1v) is 14.6. The third-order valence-electron chi connectivity index (χ3n) is 8.60. The molecule has 4 heterocycles. The third kappa shape index (κ3) is 5.02. The van der Waals surface area contributed by atoms with Crippen LogP contribution in [0.25, 0.3) is 33.5 Å². The number of H-pyrrole nitrogens is 2. The molecule has 0 bridgehead atoms. The molecule has 2 saturated heterocycles. The molecule has 7 rings (SSSR count). The van der Waals surface area contributed by atoms with E-state index in [9.17, 15) is 4.79 Å². The van der Waals surface area contributed by atoms with E-state index in [1.54, 1.807) is 19.2 Å². The summed E-state index contributed by atoms with van der Waals surface area (Å²) >= 11 is 0. The van der Waals surface area contributed by atoms with Crippen LogP contribution in [0.15, 0.2) is 60.7 Å². The van der Waals surface area contributed by atoms with Gasteiger partial charge in [0.05, 0.1) is 29.2 Å². The number of piperidine rings is 2. The highest BCUT2D eigenvalue weighted by Gasteiger charge is 2.26. The van der Waals surface area contributed by atoms with Gasteiger partial charge in [-0.15, -0.1) is 0 Å². The number of fused-ring (bicyclic) bond motifs is 2. The number of hydrogen-bond donors (Lipinski definition) is 3. The minimum atomic E-state index is -0.233. The number of aromatic nitrogens is 4. The summed E-state index contributed by atoms with van der Waals surface area (Å²) in [5.41, 5.74) is 5.87. The highest BCUT2D eigenvalue weighted by molar-refractivity contribution is 6.07. The molecule has 3 N–H and O–H groups in total. The maximum Gasteiger partial charge on any atom is 0.259 e. The molecule has 0 radical (unpaired) electrons. The van der Waals surface area contributed by atoms with Crippen molar-refractivity contribution in [3.63, 3.8) is 0 Å². The molecular weight excluding hydrogens is 514 g/mol. The monoisotopic (exact) mass is 549 g/mol. The van der Waals surface area contributed by atoms with Crippen molar-refractivity contribution in [2.75, 3.05) is 43.5 Å². The Kier molecular flexibility index (Phi) is 6.80. The Hall–Kier alpha value is -4.37. The Morgan fingerprint density at radius 1 is 0.951 bits per heavy atom. The second kappa shape index (κ2) is 10.9. The number of aromatic amines is 2. The number of methoxy groups -OCH3 is 1. The minimum Gasteiger partial charge on any atom is -0.496 e. The summed E-state index contributed by atoms with van der Waals surface area (Å²) < 4.78 is 5.35. The maximum atomic E-state index is 13.0. The number of rotatable bonds is 6. The second-order valence-corrected chi connectivity index (χ2v) is 11.1. The van der Waals surface area contributed by atoms with Crippen LogP contribution in [-0.4, -0.2) is 70.3 Å². The van der Waals surface area contributed by atoms with Gasteiger partial charge in [-0.1, -0.05) is 18.6 Å². The van der Waals surface area contributed by atoms with E-state index in [4.69, 9.17) is 9.72 Å². The average molecular weight is 550 g/mol. The first-order chi connectivity index (χ1) is 20.2. The van der Waals surface area contributed by atoms with Gasteiger partial charge in [0.15, 0.2) is 5.82 Å². The highest BCUT2D eigenvalue weighted by atomic mass is 16.5. The largest absolute Gasteiger partial charge is 0.496 e. The molecular formula is C32H35N7O2. The number of hydrogen-bond acceptors (Lipinski definition) is 6. The topological polar surface area (TPSA) is 102 Å². The van der Waals surface area contributed by atoms with Crippen molar-refractivity contribution >= 4 is 39.2 Å². The van der Waals surface area contributed by atoms with Gasteiger partial charge in [0.2, 0.25) is 0 Å². The van der Waals surface area contributed by atoms with Gasteiger partial charge in [-0.3, -0.25) is 9.89 Å². The summed E-state index contributed by atoms with van der Waals surface area (Å²) in [7, 11) is 1.56. The molecule has 9 nitrogen and oxygen atoms in total. The number of ether oxygens (including phenoxy) is 1. The van der Waals surface area contributed by atoms with Gasteiger partial charge >= 0.3 is 0 Å². The number of amides is 1. The lowest BCUT2D eigenvalue weighted by Gasteiger charge is -2.41. The Morgan fingerprint density at radius 2 is 1.78 bits per heavy atom. The number of anilines is 2.